The van der Waals surface area contributed by atoms with Crippen molar-refractivity contribution in [3.05, 3.63) is 154 Å². The van der Waals surface area contributed by atoms with E-state index in [2.05, 4.69) is 244 Å². The zero-order valence-electron chi connectivity index (χ0n) is 45.2. The van der Waals surface area contributed by atoms with Crippen molar-refractivity contribution in [1.82, 2.24) is 19.9 Å². The SMILES string of the molecule is C=CCC1=Cc2nc1cc1ccc([nH]1)c(-c1cc(C(C)(C)C)cc(C(C)(C)C)c1)c1nc(c(-c3cc(C(C)(C)C)cc(C(C)(C)C)c3)c3ccc([nH]3)c2-c2cc(C(C)(C)C)cc(C(C)(C)C)c2)C=C1. The summed E-state index contributed by atoms with van der Waals surface area (Å²) < 4.78 is 0. The lowest BCUT2D eigenvalue weighted by molar-refractivity contribution is 0.568. The summed E-state index contributed by atoms with van der Waals surface area (Å²) in [6.45, 7) is 45.8. The lowest BCUT2D eigenvalue weighted by Gasteiger charge is -2.26. The van der Waals surface area contributed by atoms with Gasteiger partial charge in [-0.1, -0.05) is 185 Å². The van der Waals surface area contributed by atoms with Crippen molar-refractivity contribution in [2.24, 2.45) is 0 Å². The molecule has 0 aliphatic carbocycles. The molecule has 4 nitrogen and oxygen atoms in total. The van der Waals surface area contributed by atoms with E-state index in [0.29, 0.717) is 6.42 Å². The normalized spacial score (nSPS) is 13.8. The fraction of sp³-hybridized carbons (Fsp3) is 0.385. The number of benzene rings is 3. The third-order valence-corrected chi connectivity index (χ3v) is 14.0. The molecule has 0 atom stereocenters. The average Bonchev–Trinajstić information content (AvgIpc) is 4.06. The first-order valence-electron chi connectivity index (χ1n) is 25.1. The van der Waals surface area contributed by atoms with E-state index in [9.17, 15) is 0 Å². The molecule has 8 bridgehead atoms. The second-order valence-corrected chi connectivity index (χ2v) is 26.0. The quantitative estimate of drug-likeness (QED) is 0.169. The average molecular weight is 915 g/mol. The van der Waals surface area contributed by atoms with Gasteiger partial charge in [0.2, 0.25) is 0 Å². The van der Waals surface area contributed by atoms with E-state index in [0.717, 1.165) is 83.8 Å². The standard InChI is InChI=1S/C65H78N4/c1-20-21-39-34-56-59(42-32-47(64(14,15)16)37-48(33-42)65(17,18)19)54-27-26-53(68-54)58(41-30-45(62(8,9)10)36-46(31-41)63(11,12)13)52-25-24-51(67-52)57(50-23-22-49(66-50)38-55(39)69-56)40-28-43(60(2,3)4)35-44(29-40)61(5,6)7/h20,22-38,66,68H,1,21H2,2-19H3. The van der Waals surface area contributed by atoms with E-state index in [4.69, 9.17) is 9.97 Å². The van der Waals surface area contributed by atoms with Gasteiger partial charge in [-0.25, -0.2) is 9.97 Å². The summed E-state index contributed by atoms with van der Waals surface area (Å²) in [6.07, 6.45) is 9.43. The van der Waals surface area contributed by atoms with Crippen molar-refractivity contribution in [3.8, 4) is 33.4 Å². The summed E-state index contributed by atoms with van der Waals surface area (Å²) in [6, 6.07) is 32.7. The minimum Gasteiger partial charge on any atom is -0.355 e. The fourth-order valence-corrected chi connectivity index (χ4v) is 9.40. The predicted octanol–water partition coefficient (Wildman–Crippen LogP) is 18.4. The summed E-state index contributed by atoms with van der Waals surface area (Å²) in [5.41, 5.74) is 22.8. The third kappa shape index (κ3) is 10.2. The second-order valence-electron chi connectivity index (χ2n) is 26.0. The number of aromatic nitrogens is 4. The molecule has 4 heteroatoms. The Morgan fingerprint density at radius 3 is 1.09 bits per heavy atom. The van der Waals surface area contributed by atoms with Crippen LogP contribution in [0.2, 0.25) is 0 Å². The van der Waals surface area contributed by atoms with Crippen LogP contribution in [-0.2, 0) is 32.5 Å². The Kier molecular flexibility index (Phi) is 12.3. The number of H-pyrrole nitrogens is 2. The highest BCUT2D eigenvalue weighted by molar-refractivity contribution is 5.99. The molecular weight excluding hydrogens is 837 g/mol. The van der Waals surface area contributed by atoms with Gasteiger partial charge in [-0.15, -0.1) is 6.58 Å². The molecule has 8 rings (SSSR count). The van der Waals surface area contributed by atoms with Gasteiger partial charge in [0.1, 0.15) is 0 Å². The molecule has 0 amide bonds. The van der Waals surface area contributed by atoms with Gasteiger partial charge in [0.25, 0.3) is 0 Å². The van der Waals surface area contributed by atoms with Crippen LogP contribution in [0.3, 0.4) is 0 Å². The van der Waals surface area contributed by atoms with Gasteiger partial charge < -0.3 is 9.97 Å². The maximum absolute atomic E-state index is 5.74. The highest BCUT2D eigenvalue weighted by atomic mass is 14.8. The van der Waals surface area contributed by atoms with Crippen LogP contribution >= 0.6 is 0 Å². The van der Waals surface area contributed by atoms with E-state index >= 15 is 0 Å². The van der Waals surface area contributed by atoms with Crippen molar-refractivity contribution >= 4 is 45.9 Å². The molecule has 358 valence electrons. The minimum absolute atomic E-state index is 0.0652. The minimum atomic E-state index is -0.0827. The van der Waals surface area contributed by atoms with Crippen LogP contribution in [0.25, 0.3) is 79.2 Å². The summed E-state index contributed by atoms with van der Waals surface area (Å²) in [5, 5.41) is 0. The van der Waals surface area contributed by atoms with Crippen molar-refractivity contribution < 1.29 is 0 Å². The van der Waals surface area contributed by atoms with E-state index in [-0.39, 0.29) is 32.5 Å². The predicted molar refractivity (Wildman–Crippen MR) is 301 cm³/mol. The first-order valence-corrected chi connectivity index (χ1v) is 25.1. The van der Waals surface area contributed by atoms with Gasteiger partial charge >= 0.3 is 0 Å². The topological polar surface area (TPSA) is 57.4 Å². The molecule has 2 aliphatic heterocycles. The van der Waals surface area contributed by atoms with E-state index in [1.807, 2.05) is 6.08 Å². The Balaban J connectivity index is 1.61. The number of hydrogen-bond acceptors (Lipinski definition) is 2. The molecule has 6 aromatic rings. The van der Waals surface area contributed by atoms with Gasteiger partial charge in [-0.2, -0.15) is 0 Å². The van der Waals surface area contributed by atoms with Crippen LogP contribution in [0.4, 0.5) is 0 Å². The van der Waals surface area contributed by atoms with Gasteiger partial charge in [0, 0.05) is 38.8 Å². The molecular formula is C65H78N4. The zero-order chi connectivity index (χ0) is 50.4. The zero-order valence-corrected chi connectivity index (χ0v) is 45.2. The number of hydrogen-bond donors (Lipinski definition) is 2. The van der Waals surface area contributed by atoms with E-state index < -0.39 is 0 Å². The Morgan fingerprint density at radius 2 is 0.739 bits per heavy atom. The molecule has 0 unspecified atom stereocenters. The van der Waals surface area contributed by atoms with E-state index in [1.165, 1.54) is 33.4 Å². The van der Waals surface area contributed by atoms with Crippen molar-refractivity contribution in [2.45, 2.75) is 164 Å². The molecule has 5 heterocycles. The van der Waals surface area contributed by atoms with Gasteiger partial charge in [0.05, 0.1) is 22.8 Å². The molecule has 0 saturated heterocycles. The van der Waals surface area contributed by atoms with Gasteiger partial charge in [-0.3, -0.25) is 0 Å². The Hall–Kier alpha value is -6.00. The van der Waals surface area contributed by atoms with Crippen LogP contribution in [0.15, 0.2) is 97.6 Å². The maximum Gasteiger partial charge on any atom is 0.0739 e. The smallest absolute Gasteiger partial charge is 0.0739 e. The summed E-state index contributed by atoms with van der Waals surface area (Å²) >= 11 is 0. The Morgan fingerprint density at radius 1 is 0.406 bits per heavy atom. The highest BCUT2D eigenvalue weighted by Crippen LogP contribution is 2.43. The lowest BCUT2D eigenvalue weighted by Crippen LogP contribution is -2.16. The largest absolute Gasteiger partial charge is 0.355 e. The number of allylic oxidation sites excluding steroid dienone is 2. The van der Waals surface area contributed by atoms with Crippen LogP contribution in [0.5, 0.6) is 0 Å². The van der Waals surface area contributed by atoms with Crippen molar-refractivity contribution in [3.63, 3.8) is 0 Å². The van der Waals surface area contributed by atoms with Crippen molar-refractivity contribution in [2.75, 3.05) is 0 Å². The summed E-state index contributed by atoms with van der Waals surface area (Å²) in [4.78, 5) is 19.3. The first kappa shape index (κ1) is 49.4. The molecule has 0 fully saturated rings. The number of nitrogens with zero attached hydrogens (tertiary/aromatic N) is 2. The Bertz CT molecular complexity index is 3140. The highest BCUT2D eigenvalue weighted by Gasteiger charge is 2.27. The van der Waals surface area contributed by atoms with Crippen LogP contribution in [-0.4, -0.2) is 19.9 Å². The third-order valence-electron chi connectivity index (χ3n) is 14.0. The fourth-order valence-electron chi connectivity index (χ4n) is 9.40. The van der Waals surface area contributed by atoms with Gasteiger partial charge in [0.15, 0.2) is 0 Å². The molecule has 0 saturated carbocycles. The molecule has 2 N–H and O–H groups in total. The van der Waals surface area contributed by atoms with Crippen LogP contribution < -0.4 is 0 Å². The molecule has 0 radical (unpaired) electrons. The lowest BCUT2D eigenvalue weighted by atomic mass is 9.78. The number of nitrogens with one attached hydrogen (secondary N) is 2. The number of fused-ring (bicyclic) bond motifs is 8. The number of rotatable bonds is 5. The summed E-state index contributed by atoms with van der Waals surface area (Å²) in [7, 11) is 0. The second kappa shape index (κ2) is 17.1. The summed E-state index contributed by atoms with van der Waals surface area (Å²) in [5.74, 6) is 0. The maximum atomic E-state index is 5.74. The van der Waals surface area contributed by atoms with Crippen LogP contribution in [0, 0.1) is 0 Å². The first-order chi connectivity index (χ1) is 31.9. The monoisotopic (exact) mass is 915 g/mol. The molecule has 2 aliphatic rings. The van der Waals surface area contributed by atoms with Crippen molar-refractivity contribution in [1.29, 1.82) is 0 Å². The molecule has 69 heavy (non-hydrogen) atoms. The molecule has 0 spiro atoms. The number of aromatic amines is 2. The molecule has 3 aromatic heterocycles. The van der Waals surface area contributed by atoms with Crippen LogP contribution in [0.1, 0.15) is 187 Å². The molecule has 3 aromatic carbocycles. The Labute approximate surface area is 414 Å². The van der Waals surface area contributed by atoms with Gasteiger partial charge in [-0.05, 0) is 143 Å². The van der Waals surface area contributed by atoms with E-state index in [1.54, 1.807) is 0 Å².